The maximum absolute atomic E-state index is 11.8. The van der Waals surface area contributed by atoms with Gasteiger partial charge in [-0.2, -0.15) is 0 Å². The van der Waals surface area contributed by atoms with E-state index in [0.717, 1.165) is 16.6 Å². The van der Waals surface area contributed by atoms with Crippen LogP contribution in [-0.2, 0) is 0 Å². The summed E-state index contributed by atoms with van der Waals surface area (Å²) in [4.78, 5) is 19.7. The zero-order valence-corrected chi connectivity index (χ0v) is 9.12. The summed E-state index contributed by atoms with van der Waals surface area (Å²) in [6.07, 6.45) is 3.55. The number of fused-ring (bicyclic) bond motifs is 3. The lowest BCUT2D eigenvalue weighted by Crippen LogP contribution is -2.07. The van der Waals surface area contributed by atoms with Crippen molar-refractivity contribution in [3.8, 4) is 0 Å². The van der Waals surface area contributed by atoms with Gasteiger partial charge in [-0.25, -0.2) is 0 Å². The molecule has 3 rings (SSSR count). The number of nitrogens with one attached hydrogen (secondary N) is 1. The van der Waals surface area contributed by atoms with Crippen LogP contribution in [0.15, 0.2) is 50.4 Å². The summed E-state index contributed by atoms with van der Waals surface area (Å²) in [5.41, 5.74) is 1.50. The molecule has 3 nitrogen and oxygen atoms in total. The van der Waals surface area contributed by atoms with Gasteiger partial charge < -0.3 is 4.98 Å². The molecule has 0 aliphatic carbocycles. The van der Waals surface area contributed by atoms with Gasteiger partial charge in [-0.3, -0.25) is 9.79 Å². The zero-order valence-electron chi connectivity index (χ0n) is 8.31. The fourth-order valence-electron chi connectivity index (χ4n) is 1.71. The minimum absolute atomic E-state index is 0.0811. The maximum atomic E-state index is 11.8. The lowest BCUT2D eigenvalue weighted by atomic mass is 10.2. The maximum Gasteiger partial charge on any atom is 0.264 e. The molecule has 2 aromatic rings. The van der Waals surface area contributed by atoms with E-state index in [2.05, 4.69) is 9.98 Å². The van der Waals surface area contributed by atoms with Crippen molar-refractivity contribution in [1.29, 1.82) is 0 Å². The van der Waals surface area contributed by atoms with Gasteiger partial charge >= 0.3 is 0 Å². The summed E-state index contributed by atoms with van der Waals surface area (Å²) in [6.45, 7) is 0. The molecule has 1 aromatic carbocycles. The monoisotopic (exact) mass is 228 g/mol. The van der Waals surface area contributed by atoms with Crippen molar-refractivity contribution >= 4 is 34.6 Å². The minimum atomic E-state index is -0.0811. The summed E-state index contributed by atoms with van der Waals surface area (Å²) in [5.74, 6) is 0. The topological polar surface area (TPSA) is 45.2 Å². The molecule has 4 heteroatoms. The number of aromatic nitrogens is 1. The molecular weight excluding hydrogens is 220 g/mol. The Morgan fingerprint density at radius 2 is 2.12 bits per heavy atom. The van der Waals surface area contributed by atoms with Gasteiger partial charge in [0.25, 0.3) is 5.56 Å². The van der Waals surface area contributed by atoms with Crippen molar-refractivity contribution in [1.82, 2.24) is 4.98 Å². The quantitative estimate of drug-likeness (QED) is 0.753. The molecule has 0 saturated carbocycles. The standard InChI is InChI=1S/C12H8N2OS/c15-12-11-10(13-6-3-7-16-11)8-4-1-2-5-9(8)14-12/h1-7H,(H,14,15). The number of nitrogens with zero attached hydrogens (tertiary/aromatic N) is 1. The third-order valence-corrected chi connectivity index (χ3v) is 3.31. The van der Waals surface area contributed by atoms with E-state index in [1.165, 1.54) is 11.8 Å². The smallest absolute Gasteiger partial charge is 0.264 e. The molecule has 1 aliphatic heterocycles. The predicted molar refractivity (Wildman–Crippen MR) is 67.7 cm³/mol. The fourth-order valence-corrected chi connectivity index (χ4v) is 2.42. The number of thioether (sulfide) groups is 1. The van der Waals surface area contributed by atoms with Gasteiger partial charge in [-0.05, 0) is 17.6 Å². The largest absolute Gasteiger partial charge is 0.321 e. The number of allylic oxidation sites excluding steroid dienone is 1. The Bertz CT molecular complexity index is 670. The van der Waals surface area contributed by atoms with Crippen LogP contribution in [0.3, 0.4) is 0 Å². The van der Waals surface area contributed by atoms with E-state index < -0.39 is 0 Å². The van der Waals surface area contributed by atoms with Gasteiger partial charge in [0.15, 0.2) is 0 Å². The first kappa shape index (κ1) is 9.42. The van der Waals surface area contributed by atoms with Crippen molar-refractivity contribution < 1.29 is 0 Å². The van der Waals surface area contributed by atoms with Crippen molar-refractivity contribution in [2.45, 2.75) is 4.90 Å². The lowest BCUT2D eigenvalue weighted by molar-refractivity contribution is 1.19. The van der Waals surface area contributed by atoms with Crippen LogP contribution in [0.1, 0.15) is 0 Å². The summed E-state index contributed by atoms with van der Waals surface area (Å²) in [5, 5.41) is 2.84. The highest BCUT2D eigenvalue weighted by molar-refractivity contribution is 8.02. The molecule has 0 fully saturated rings. The fraction of sp³-hybridized carbons (Fsp3) is 0. The third-order valence-electron chi connectivity index (χ3n) is 2.41. The van der Waals surface area contributed by atoms with Gasteiger partial charge in [-0.1, -0.05) is 30.0 Å². The average molecular weight is 228 g/mol. The molecule has 0 unspecified atom stereocenters. The SMILES string of the molecule is O=c1[nH]c2ccccc2c2c1SC=CC=N2. The van der Waals surface area contributed by atoms with E-state index in [1.54, 1.807) is 6.21 Å². The number of H-pyrrole nitrogens is 1. The van der Waals surface area contributed by atoms with Gasteiger partial charge in [0, 0.05) is 11.6 Å². The number of para-hydroxylation sites is 1. The van der Waals surface area contributed by atoms with Crippen LogP contribution in [-0.4, -0.2) is 11.2 Å². The second-order valence-corrected chi connectivity index (χ2v) is 4.32. The van der Waals surface area contributed by atoms with Crippen LogP contribution < -0.4 is 5.56 Å². The molecule has 0 spiro atoms. The first-order chi connectivity index (χ1) is 7.86. The van der Waals surface area contributed by atoms with E-state index in [9.17, 15) is 4.79 Å². The first-order valence-electron chi connectivity index (χ1n) is 4.87. The van der Waals surface area contributed by atoms with Crippen LogP contribution >= 0.6 is 11.8 Å². The van der Waals surface area contributed by atoms with Crippen LogP contribution in [0.25, 0.3) is 10.9 Å². The number of aliphatic imine (C=N–C) groups is 1. The Labute approximate surface area is 95.9 Å². The highest BCUT2D eigenvalue weighted by Crippen LogP contribution is 2.34. The molecule has 0 bridgehead atoms. The second kappa shape index (κ2) is 3.64. The molecule has 1 aliphatic rings. The van der Waals surface area contributed by atoms with Gasteiger partial charge in [0.05, 0.1) is 11.2 Å². The van der Waals surface area contributed by atoms with Crippen molar-refractivity contribution in [3.05, 3.63) is 46.1 Å². The van der Waals surface area contributed by atoms with Crippen LogP contribution in [0.5, 0.6) is 0 Å². The average Bonchev–Trinajstić information content (AvgIpc) is 2.55. The lowest BCUT2D eigenvalue weighted by Gasteiger charge is -2.05. The summed E-state index contributed by atoms with van der Waals surface area (Å²) in [7, 11) is 0. The normalized spacial score (nSPS) is 13.8. The summed E-state index contributed by atoms with van der Waals surface area (Å²) >= 11 is 1.40. The third kappa shape index (κ3) is 1.39. The molecule has 0 radical (unpaired) electrons. The Kier molecular flexibility index (Phi) is 2.15. The summed E-state index contributed by atoms with van der Waals surface area (Å²) < 4.78 is 0. The van der Waals surface area contributed by atoms with E-state index in [1.807, 2.05) is 35.7 Å². The van der Waals surface area contributed by atoms with Gasteiger partial charge in [0.1, 0.15) is 4.90 Å². The molecule has 0 amide bonds. The number of pyridine rings is 1. The highest BCUT2D eigenvalue weighted by atomic mass is 32.2. The molecule has 78 valence electrons. The Balaban J connectivity index is 2.48. The zero-order chi connectivity index (χ0) is 11.0. The predicted octanol–water partition coefficient (Wildman–Crippen LogP) is 2.85. The molecular formula is C12H8N2OS. The highest BCUT2D eigenvalue weighted by Gasteiger charge is 2.11. The Hall–Kier alpha value is -1.81. The van der Waals surface area contributed by atoms with E-state index in [4.69, 9.17) is 0 Å². The summed E-state index contributed by atoms with van der Waals surface area (Å²) in [6, 6.07) is 7.69. The van der Waals surface area contributed by atoms with Crippen LogP contribution in [0, 0.1) is 0 Å². The van der Waals surface area contributed by atoms with Crippen molar-refractivity contribution in [3.63, 3.8) is 0 Å². The molecule has 2 heterocycles. The number of hydrogen-bond donors (Lipinski definition) is 1. The molecule has 1 aromatic heterocycles. The molecule has 0 saturated heterocycles. The molecule has 16 heavy (non-hydrogen) atoms. The van der Waals surface area contributed by atoms with Crippen molar-refractivity contribution in [2.24, 2.45) is 4.99 Å². The Morgan fingerprint density at radius 1 is 1.25 bits per heavy atom. The van der Waals surface area contributed by atoms with Gasteiger partial charge in [0.2, 0.25) is 0 Å². The molecule has 1 N–H and O–H groups in total. The second-order valence-electron chi connectivity index (χ2n) is 3.40. The van der Waals surface area contributed by atoms with E-state index in [0.29, 0.717) is 4.90 Å². The minimum Gasteiger partial charge on any atom is -0.321 e. The number of benzene rings is 1. The van der Waals surface area contributed by atoms with Crippen LogP contribution in [0.2, 0.25) is 0 Å². The number of aromatic amines is 1. The number of rotatable bonds is 0. The van der Waals surface area contributed by atoms with Crippen molar-refractivity contribution in [2.75, 3.05) is 0 Å². The Morgan fingerprint density at radius 3 is 3.06 bits per heavy atom. The van der Waals surface area contributed by atoms with E-state index >= 15 is 0 Å². The van der Waals surface area contributed by atoms with Crippen LogP contribution in [0.4, 0.5) is 5.69 Å². The van der Waals surface area contributed by atoms with E-state index in [-0.39, 0.29) is 5.56 Å². The molecule has 0 atom stereocenters. The first-order valence-corrected chi connectivity index (χ1v) is 5.75. The number of hydrogen-bond acceptors (Lipinski definition) is 3. The van der Waals surface area contributed by atoms with Gasteiger partial charge in [-0.15, -0.1) is 0 Å².